The molecule has 1 aliphatic rings. The van der Waals surface area contributed by atoms with E-state index in [2.05, 4.69) is 139 Å². The Bertz CT molecular complexity index is 1330. The molecule has 39 heavy (non-hydrogen) atoms. The zero-order valence-electron chi connectivity index (χ0n) is 22.9. The summed E-state index contributed by atoms with van der Waals surface area (Å²) in [6.45, 7) is 0. The first-order valence-corrected chi connectivity index (χ1v) is 15.7. The molecular formula is C35H37BN2Si. The van der Waals surface area contributed by atoms with Crippen molar-refractivity contribution >= 4 is 22.9 Å². The van der Waals surface area contributed by atoms with Crippen LogP contribution in [0.25, 0.3) is 5.57 Å². The number of rotatable bonds is 7. The van der Waals surface area contributed by atoms with Crippen LogP contribution in [-0.4, -0.2) is 26.9 Å². The normalized spacial score (nSPS) is 13.6. The summed E-state index contributed by atoms with van der Waals surface area (Å²) in [6.07, 6.45) is 11.7. The average Bonchev–Trinajstić information content (AvgIpc) is 3.74. The molecule has 1 heterocycles. The van der Waals surface area contributed by atoms with Crippen molar-refractivity contribution in [2.45, 2.75) is 36.4 Å². The van der Waals surface area contributed by atoms with Gasteiger partial charge in [-0.15, -0.1) is 5.98 Å². The molecule has 0 amide bonds. The summed E-state index contributed by atoms with van der Waals surface area (Å²) in [4.78, 5) is 4.40. The van der Waals surface area contributed by atoms with Gasteiger partial charge < -0.3 is 4.57 Å². The van der Waals surface area contributed by atoms with Crippen molar-refractivity contribution in [3.05, 3.63) is 168 Å². The van der Waals surface area contributed by atoms with E-state index in [1.165, 1.54) is 53.5 Å². The minimum absolute atomic E-state index is 0.0337. The number of hydrogen-bond donors (Lipinski definition) is 0. The molecule has 194 valence electrons. The third kappa shape index (κ3) is 6.23. The van der Waals surface area contributed by atoms with E-state index >= 15 is 0 Å². The van der Waals surface area contributed by atoms with Crippen molar-refractivity contribution in [1.82, 2.24) is 9.55 Å². The van der Waals surface area contributed by atoms with Gasteiger partial charge in [-0.3, -0.25) is 0 Å². The van der Waals surface area contributed by atoms with Gasteiger partial charge in [0.05, 0.1) is 21.0 Å². The van der Waals surface area contributed by atoms with Gasteiger partial charge in [0.15, 0.2) is 0 Å². The highest BCUT2D eigenvalue weighted by atomic mass is 28.2. The van der Waals surface area contributed by atoms with Crippen molar-refractivity contribution in [1.29, 1.82) is 0 Å². The van der Waals surface area contributed by atoms with Gasteiger partial charge in [0.1, 0.15) is 7.85 Å². The molecule has 0 unspecified atom stereocenters. The molecular weight excluding hydrogens is 487 g/mol. The van der Waals surface area contributed by atoms with Crippen LogP contribution in [0.1, 0.15) is 47.9 Å². The predicted molar refractivity (Wildman–Crippen MR) is 171 cm³/mol. The summed E-state index contributed by atoms with van der Waals surface area (Å²) in [6, 6.07) is 43.1. The second-order valence-corrected chi connectivity index (χ2v) is 12.9. The quantitative estimate of drug-likeness (QED) is 0.213. The molecule has 0 spiro atoms. The molecule has 0 bridgehead atoms. The fourth-order valence-electron chi connectivity index (χ4n) is 6.09. The summed E-state index contributed by atoms with van der Waals surface area (Å²) >= 11 is 0. The number of nitrogens with zero attached hydrogens (tertiary/aromatic N) is 2. The van der Waals surface area contributed by atoms with Crippen molar-refractivity contribution in [3.8, 4) is 0 Å². The molecule has 1 aliphatic carbocycles. The molecule has 1 saturated carbocycles. The van der Waals surface area contributed by atoms with Crippen molar-refractivity contribution < 1.29 is 0 Å². The van der Waals surface area contributed by atoms with Crippen LogP contribution in [0.4, 0.5) is 0 Å². The topological polar surface area (TPSA) is 17.8 Å². The smallest absolute Gasteiger partial charge is 0.130 e. The maximum absolute atomic E-state index is 4.40. The Labute approximate surface area is 236 Å². The van der Waals surface area contributed by atoms with Crippen LogP contribution in [0.15, 0.2) is 146 Å². The molecule has 0 aliphatic heterocycles. The van der Waals surface area contributed by atoms with E-state index in [1.807, 2.05) is 24.7 Å². The van der Waals surface area contributed by atoms with Crippen LogP contribution >= 0.6 is 0 Å². The first-order chi connectivity index (χ1) is 19.3. The lowest BCUT2D eigenvalue weighted by Gasteiger charge is -2.38. The van der Waals surface area contributed by atoms with Crippen LogP contribution in [0, 0.1) is 0 Å². The molecule has 1 fully saturated rings. The fraction of sp³-hybridized carbons (Fsp3) is 0.171. The van der Waals surface area contributed by atoms with Gasteiger partial charge in [-0.05, 0) is 33.4 Å². The average molecular weight is 525 g/mol. The lowest BCUT2D eigenvalue weighted by molar-refractivity contribution is 0.579. The van der Waals surface area contributed by atoms with E-state index in [0.717, 1.165) is 5.54 Å². The van der Waals surface area contributed by atoms with E-state index in [0.29, 0.717) is 0 Å². The Morgan fingerprint density at radius 3 is 1.59 bits per heavy atom. The minimum Gasteiger partial charge on any atom is -0.327 e. The summed E-state index contributed by atoms with van der Waals surface area (Å²) in [5.74, 6) is 2.16. The largest absolute Gasteiger partial charge is 0.327 e. The molecule has 4 aromatic carbocycles. The molecule has 0 radical (unpaired) electrons. The van der Waals surface area contributed by atoms with E-state index in [4.69, 9.17) is 0 Å². The Kier molecular flexibility index (Phi) is 9.08. The van der Waals surface area contributed by atoms with Crippen LogP contribution in [-0.2, 0) is 5.16 Å². The van der Waals surface area contributed by atoms with Gasteiger partial charge in [-0.25, -0.2) is 4.98 Å². The molecule has 0 N–H and O–H groups in total. The third-order valence-electron chi connectivity index (χ3n) is 7.96. The van der Waals surface area contributed by atoms with Gasteiger partial charge >= 0.3 is 0 Å². The highest BCUT2D eigenvalue weighted by Gasteiger charge is 2.39. The monoisotopic (exact) mass is 524 g/mol. The molecule has 0 atom stereocenters. The number of benzene rings is 4. The maximum Gasteiger partial charge on any atom is 0.130 e. The lowest BCUT2D eigenvalue weighted by Crippen LogP contribution is -2.43. The van der Waals surface area contributed by atoms with Crippen LogP contribution < -0.4 is 0 Å². The first-order valence-electron chi connectivity index (χ1n) is 14.2. The van der Waals surface area contributed by atoms with Crippen molar-refractivity contribution in [2.75, 3.05) is 0 Å². The lowest BCUT2D eigenvalue weighted by atomic mass is 9.92. The Hall–Kier alpha value is -3.89. The number of imidazole rings is 1. The molecule has 6 rings (SSSR count). The molecule has 4 heteroatoms. The second-order valence-electron chi connectivity index (χ2n) is 10.4. The molecule has 2 nitrogen and oxygen atoms in total. The van der Waals surface area contributed by atoms with Crippen LogP contribution in [0.3, 0.4) is 0 Å². The Balaban J connectivity index is 0.000000177. The summed E-state index contributed by atoms with van der Waals surface area (Å²) < 4.78 is 2.38. The van der Waals surface area contributed by atoms with E-state index in [1.54, 1.807) is 0 Å². The highest BCUT2D eigenvalue weighted by molar-refractivity contribution is 6.43. The third-order valence-corrected chi connectivity index (χ3v) is 11.1. The number of aromatic nitrogens is 2. The zero-order valence-corrected chi connectivity index (χ0v) is 24.3. The minimum atomic E-state index is -0.448. The summed E-state index contributed by atoms with van der Waals surface area (Å²) in [5.41, 5.74) is 7.56. The van der Waals surface area contributed by atoms with E-state index in [9.17, 15) is 0 Å². The van der Waals surface area contributed by atoms with Crippen molar-refractivity contribution in [3.63, 3.8) is 0 Å². The predicted octanol–water partition coefficient (Wildman–Crippen LogP) is 6.87. The van der Waals surface area contributed by atoms with Gasteiger partial charge in [0.25, 0.3) is 0 Å². The van der Waals surface area contributed by atoms with E-state index in [-0.39, 0.29) is 5.16 Å². The summed E-state index contributed by atoms with van der Waals surface area (Å²) in [5, 5.41) is -0.0337. The fourth-order valence-corrected chi connectivity index (χ4v) is 9.25. The Morgan fingerprint density at radius 1 is 0.718 bits per heavy atom. The van der Waals surface area contributed by atoms with Gasteiger partial charge in [-0.2, -0.15) is 0 Å². The highest BCUT2D eigenvalue weighted by Crippen LogP contribution is 2.40. The SMILES string of the molecule is BC=C(c1ccccc1)c1ccccc1.c1ccc(C([SiH2]C2CCCC2)(c2ccccc2)n2ccnc2)cc1. The van der Waals surface area contributed by atoms with Crippen molar-refractivity contribution in [2.24, 2.45) is 0 Å². The zero-order chi connectivity index (χ0) is 26.8. The van der Waals surface area contributed by atoms with Gasteiger partial charge in [-0.1, -0.05) is 147 Å². The second kappa shape index (κ2) is 13.3. The summed E-state index contributed by atoms with van der Waals surface area (Å²) in [7, 11) is 1.63. The maximum atomic E-state index is 4.40. The number of hydrogen-bond acceptors (Lipinski definition) is 1. The van der Waals surface area contributed by atoms with Crippen LogP contribution in [0.5, 0.6) is 0 Å². The van der Waals surface area contributed by atoms with Gasteiger partial charge in [0.2, 0.25) is 0 Å². The molecule has 5 aromatic rings. The standard InChI is InChI=1S/C21H24N2Si.C14H13B/c1-3-9-18(10-4-1)21(23-16-15-22-17-23,19-11-5-2-6-12-19)24-20-13-7-8-14-20;15-11-14(12-7-3-1-4-8-12)13-9-5-2-6-10-13/h1-6,9-12,15-17,20H,7-8,13-14,24H2;1-11H,15H2. The van der Waals surface area contributed by atoms with E-state index < -0.39 is 9.52 Å². The molecule has 0 saturated heterocycles. The Morgan fingerprint density at radius 2 is 1.18 bits per heavy atom. The van der Waals surface area contributed by atoms with Gasteiger partial charge in [0, 0.05) is 12.4 Å². The van der Waals surface area contributed by atoms with Crippen LogP contribution in [0.2, 0.25) is 5.54 Å². The first kappa shape index (κ1) is 26.7. The molecule has 1 aromatic heterocycles.